The molecule has 706 valence electrons. The number of nitrogens with two attached hydrogens (primary N) is 1. The van der Waals surface area contributed by atoms with Crippen molar-refractivity contribution >= 4 is 76.5 Å². The number of benzene rings is 3. The van der Waals surface area contributed by atoms with E-state index in [1.54, 1.807) is 81.3 Å². The number of ether oxygens (including phenoxy) is 6. The third kappa shape index (κ3) is 32.4. The molecule has 0 aliphatic carbocycles. The van der Waals surface area contributed by atoms with E-state index in [0.717, 1.165) is 30.4 Å². The van der Waals surface area contributed by atoms with E-state index < -0.39 is 90.3 Å². The minimum Gasteiger partial charge on any atom is -0.427 e. The number of hydrogen-bond acceptors (Lipinski definition) is 20. The van der Waals surface area contributed by atoms with E-state index in [1.165, 1.54) is 7.11 Å². The lowest BCUT2D eigenvalue weighted by molar-refractivity contribution is -0.185. The number of carbonyl (C=O) groups is 11. The fraction of sp³-hybridized carbons (Fsp3) is 0.710. The van der Waals surface area contributed by atoms with Crippen LogP contribution in [0.15, 0.2) is 84.9 Å². The number of anilines is 2. The average molecular weight is 1750 g/mol. The summed E-state index contributed by atoms with van der Waals surface area (Å²) in [4.78, 5) is 164. The Kier molecular flexibility index (Phi) is 49.1. The van der Waals surface area contributed by atoms with Crippen LogP contribution in [-0.2, 0) is 94.0 Å². The van der Waals surface area contributed by atoms with Crippen molar-refractivity contribution in [2.45, 2.75) is 321 Å². The molecule has 2 aliphatic rings. The molecule has 2 fully saturated rings. The Morgan fingerprint density at radius 1 is 0.488 bits per heavy atom. The van der Waals surface area contributed by atoms with Crippen molar-refractivity contribution < 1.29 is 81.2 Å². The molecule has 0 aromatic heterocycles. The van der Waals surface area contributed by atoms with Gasteiger partial charge in [-0.3, -0.25) is 62.5 Å². The number of carbonyl (C=O) groups excluding carboxylic acids is 11. The van der Waals surface area contributed by atoms with E-state index >= 15 is 0 Å². The van der Waals surface area contributed by atoms with Gasteiger partial charge >= 0.3 is 5.97 Å². The number of likely N-dealkylation sites (N-methyl/N-ethyl adjacent to an activating group) is 4. The van der Waals surface area contributed by atoms with E-state index in [-0.39, 0.29) is 177 Å². The highest BCUT2D eigenvalue weighted by Crippen LogP contribution is 2.37. The number of Topliss-reactive ketones (excluding diaryl/α,β-unsaturated/α-hetero) is 4. The first-order valence-corrected chi connectivity index (χ1v) is 45.9. The molecule has 0 saturated carbocycles. The highest BCUT2D eigenvalue weighted by molar-refractivity contribution is 5.97. The van der Waals surface area contributed by atoms with Crippen LogP contribution in [0, 0.1) is 71.0 Å². The summed E-state index contributed by atoms with van der Waals surface area (Å²) < 4.78 is 34.9. The standard InChI is InChI=1S/C50H79N5O7.C49H81N3O10.CH4/c1-14-34(8)47(54(11)50(60)40(31(2)3)29-43(57)46(32(4)5)53(10)33(6)7)44(61-12)30-45(58)55-26-18-21-41(55)48(62-13)35(9)42(56)28-37(27-36-19-16-15-17-20-36)49(59)52-39-24-22-38(51)23-25-39;1-15-21-44(61-30-53)62-49(58)37(26-36-22-18-17-19-23-36)27-40(54)35(10)47(60-14)39-24-20-25-52(39)43(56)29-42(59-13)46(34(9)16-2)51(12)48(57)38(31(3)4)28-41(55)45(32(5)6)50(11)33(7)8;/h15-17,19-20,22-25,31-35,37,40-41,44,46-48H,14,18,21,26-30,51H2,1-13H3,(H,52,59);17-19,22-23,30-35,37-39,42,44-47H,15-16,20-21,24-29H2,1-14H3;1H4/t34-,35-,37+,40-,41-,44+,46-,47-,48+;34-,35-,37+,38-,39-,42+,44?,45-,46-,47+;/m00./s1. The van der Waals surface area contributed by atoms with Crippen molar-refractivity contribution in [3.8, 4) is 0 Å². The molecule has 0 radical (unpaired) electrons. The highest BCUT2D eigenvalue weighted by atomic mass is 16.7. The summed E-state index contributed by atoms with van der Waals surface area (Å²) in [5.74, 6) is -5.58. The Labute approximate surface area is 751 Å². The lowest BCUT2D eigenvalue weighted by atomic mass is 9.83. The molecule has 0 spiro atoms. The third-order valence-electron chi connectivity index (χ3n) is 26.6. The van der Waals surface area contributed by atoms with E-state index in [0.29, 0.717) is 63.0 Å². The molecule has 1 unspecified atom stereocenters. The van der Waals surface area contributed by atoms with Gasteiger partial charge in [0.2, 0.25) is 35.8 Å². The molecule has 5 rings (SSSR count). The maximum atomic E-state index is 14.5. The Morgan fingerprint density at radius 2 is 0.864 bits per heavy atom. The first kappa shape index (κ1) is 111. The minimum absolute atomic E-state index is 0. The fourth-order valence-electron chi connectivity index (χ4n) is 18.5. The minimum atomic E-state index is -1.05. The largest absolute Gasteiger partial charge is 0.427 e. The molecule has 2 saturated heterocycles. The van der Waals surface area contributed by atoms with Gasteiger partial charge < -0.3 is 59.1 Å². The van der Waals surface area contributed by atoms with Gasteiger partial charge in [0.1, 0.15) is 11.6 Å². The smallest absolute Gasteiger partial charge is 0.312 e. The van der Waals surface area contributed by atoms with Gasteiger partial charge in [0.05, 0.1) is 79.4 Å². The number of nitrogen functional groups attached to an aromatic ring is 1. The van der Waals surface area contributed by atoms with Gasteiger partial charge in [-0.25, -0.2) is 0 Å². The molecular formula is C100H164N8O17. The first-order chi connectivity index (χ1) is 58.6. The van der Waals surface area contributed by atoms with Gasteiger partial charge in [0.15, 0.2) is 11.6 Å². The lowest BCUT2D eigenvalue weighted by Gasteiger charge is -2.41. The molecule has 3 aromatic carbocycles. The molecule has 3 N–H and O–H groups in total. The first-order valence-electron chi connectivity index (χ1n) is 45.9. The summed E-state index contributed by atoms with van der Waals surface area (Å²) >= 11 is 0. The van der Waals surface area contributed by atoms with Crippen LogP contribution in [0.2, 0.25) is 0 Å². The number of ketones is 4. The Balaban J connectivity index is 0.000000640. The SMILES string of the molecule is C.CCCC(OC=O)OC(=O)[C@@H](CC(=O)[C@H](C)[C@@H](OC)[C@@H]1CCCN1C(=O)C[C@@H](OC)[C@H]([C@@H](C)CC)N(C)C(=O)[C@@H](CC(=O)[C@H](C(C)C)N(C)C(C)C)C(C)C)Cc1ccccc1.CC[C@H](C)[C@@H]([C@@H](CC(=O)N1CCC[C@H]1[C@H](OC)[C@@H](C)C(=O)C[C@@H](Cc1ccccc1)C(=O)Nc1ccc(N)cc1)OC)N(C)C(=O)[C@@H](CC(=O)[C@H](C(C)C)N(C)C(C)C)C(C)C. The Bertz CT molecular complexity index is 3770. The topological polar surface area (TPSA) is 301 Å². The quantitative estimate of drug-likeness (QED) is 0.0230. The third-order valence-corrected chi connectivity index (χ3v) is 26.6. The highest BCUT2D eigenvalue weighted by Gasteiger charge is 2.47. The van der Waals surface area contributed by atoms with Crippen molar-refractivity contribution in [3.05, 3.63) is 96.1 Å². The molecule has 125 heavy (non-hydrogen) atoms. The molecule has 5 amide bonds. The number of nitrogens with zero attached hydrogens (tertiary/aromatic N) is 6. The lowest BCUT2D eigenvalue weighted by Crippen LogP contribution is -2.54. The van der Waals surface area contributed by atoms with Gasteiger partial charge in [-0.1, -0.05) is 185 Å². The van der Waals surface area contributed by atoms with Crippen LogP contribution in [0.25, 0.3) is 0 Å². The summed E-state index contributed by atoms with van der Waals surface area (Å²) in [6.07, 6.45) is 2.38. The molecule has 2 aliphatic heterocycles. The van der Waals surface area contributed by atoms with Gasteiger partial charge in [-0.15, -0.1) is 0 Å². The van der Waals surface area contributed by atoms with Gasteiger partial charge in [-0.2, -0.15) is 0 Å². The molecule has 25 heteroatoms. The summed E-state index contributed by atoms with van der Waals surface area (Å²) in [6.45, 7) is 39.3. The van der Waals surface area contributed by atoms with E-state index in [2.05, 4.69) is 63.6 Å². The van der Waals surface area contributed by atoms with E-state index in [4.69, 9.17) is 34.2 Å². The number of nitrogens with one attached hydrogen (secondary N) is 1. The number of methoxy groups -OCH3 is 4. The van der Waals surface area contributed by atoms with Crippen molar-refractivity contribution in [1.29, 1.82) is 0 Å². The monoisotopic (exact) mass is 1750 g/mol. The molecule has 0 bridgehead atoms. The molecule has 25 nitrogen and oxygen atoms in total. The zero-order valence-electron chi connectivity index (χ0n) is 80.5. The summed E-state index contributed by atoms with van der Waals surface area (Å²) in [7, 11) is 13.7. The van der Waals surface area contributed by atoms with Crippen molar-refractivity contribution in [3.63, 3.8) is 0 Å². The predicted octanol–water partition coefficient (Wildman–Crippen LogP) is 15.3. The number of hydrogen-bond donors (Lipinski definition) is 2. The summed E-state index contributed by atoms with van der Waals surface area (Å²) in [5, 5.41) is 2.97. The second kappa shape index (κ2) is 55.2. The van der Waals surface area contributed by atoms with Crippen LogP contribution in [-0.4, -0.2) is 243 Å². The molecule has 19 atom stereocenters. The van der Waals surface area contributed by atoms with Crippen LogP contribution in [0.3, 0.4) is 0 Å². The van der Waals surface area contributed by atoms with Crippen LogP contribution >= 0.6 is 0 Å². The van der Waals surface area contributed by atoms with Gasteiger partial charge in [0.25, 0.3) is 6.47 Å². The summed E-state index contributed by atoms with van der Waals surface area (Å²) in [5.41, 5.74) is 8.83. The van der Waals surface area contributed by atoms with E-state index in [9.17, 15) is 52.7 Å². The normalized spacial score (nSPS) is 18.4. The second-order valence-corrected chi connectivity index (χ2v) is 37.2. The number of amides is 5. The number of likely N-dealkylation sites (tertiary alicyclic amines) is 2. The maximum Gasteiger partial charge on any atom is 0.312 e. The van der Waals surface area contributed by atoms with Crippen LogP contribution in [0.1, 0.15) is 240 Å². The zero-order valence-corrected chi connectivity index (χ0v) is 80.5. The molecule has 3 aromatic rings. The van der Waals surface area contributed by atoms with Gasteiger partial charge in [-0.05, 0) is 158 Å². The second-order valence-electron chi connectivity index (χ2n) is 37.2. The van der Waals surface area contributed by atoms with Crippen molar-refractivity contribution in [2.75, 3.05) is 80.8 Å². The van der Waals surface area contributed by atoms with Crippen LogP contribution in [0.5, 0.6) is 0 Å². The molecule has 2 heterocycles. The maximum absolute atomic E-state index is 14.5. The van der Waals surface area contributed by atoms with Crippen molar-refractivity contribution in [2.24, 2.45) is 71.0 Å². The van der Waals surface area contributed by atoms with Gasteiger partial charge in [0, 0.05) is 141 Å². The van der Waals surface area contributed by atoms with Crippen LogP contribution < -0.4 is 11.1 Å². The summed E-state index contributed by atoms with van der Waals surface area (Å²) in [6, 6.07) is 24.0. The van der Waals surface area contributed by atoms with E-state index in [1.807, 2.05) is 156 Å². The van der Waals surface area contributed by atoms with Crippen LogP contribution in [0.4, 0.5) is 11.4 Å². The fourth-order valence-corrected chi connectivity index (χ4v) is 18.5. The number of rotatable bonds is 54. The molecular weight excluding hydrogens is 1590 g/mol. The van der Waals surface area contributed by atoms with Crippen molar-refractivity contribution in [1.82, 2.24) is 29.4 Å². The predicted molar refractivity (Wildman–Crippen MR) is 496 cm³/mol. The average Bonchev–Trinajstić information content (AvgIpc) is 1.21. The Hall–Kier alpha value is -7.81. The number of esters is 1. The Morgan fingerprint density at radius 3 is 1.19 bits per heavy atom. The zero-order chi connectivity index (χ0) is 93.3.